The van der Waals surface area contributed by atoms with Crippen molar-refractivity contribution in [2.45, 2.75) is 33.2 Å². The molecule has 2 N–H and O–H groups in total. The minimum Gasteiger partial charge on any atom is -0.383 e. The van der Waals surface area contributed by atoms with Crippen molar-refractivity contribution < 1.29 is 9.53 Å². The number of hydrogen-bond donors (Lipinski definition) is 2. The van der Waals surface area contributed by atoms with E-state index in [0.29, 0.717) is 19.6 Å². The van der Waals surface area contributed by atoms with Gasteiger partial charge in [0.15, 0.2) is 0 Å². The normalized spacial score (nSPS) is 12.2. The summed E-state index contributed by atoms with van der Waals surface area (Å²) in [7, 11) is 1.67. The van der Waals surface area contributed by atoms with Crippen LogP contribution in [0.15, 0.2) is 18.2 Å². The molecule has 19 heavy (non-hydrogen) atoms. The van der Waals surface area contributed by atoms with Crippen molar-refractivity contribution in [3.63, 3.8) is 0 Å². The first-order valence-corrected chi connectivity index (χ1v) is 6.62. The van der Waals surface area contributed by atoms with E-state index in [2.05, 4.69) is 10.6 Å². The molecule has 0 saturated carbocycles. The first-order chi connectivity index (χ1) is 9.02. The molecule has 0 aromatic heterocycles. The van der Waals surface area contributed by atoms with E-state index in [1.165, 1.54) is 0 Å². The van der Waals surface area contributed by atoms with Gasteiger partial charge in [0.1, 0.15) is 0 Å². The molecule has 0 aliphatic rings. The highest BCUT2D eigenvalue weighted by Crippen LogP contribution is 2.16. The number of benzene rings is 1. The number of carbonyl (C=O) groups is 1. The number of ether oxygens (including phenoxy) is 1. The highest BCUT2D eigenvalue weighted by molar-refractivity contribution is 5.91. The average Bonchev–Trinajstić information content (AvgIpc) is 2.34. The van der Waals surface area contributed by atoms with Crippen LogP contribution in [-0.4, -0.2) is 32.2 Å². The highest BCUT2D eigenvalue weighted by Gasteiger charge is 2.06. The molecule has 0 bridgehead atoms. The van der Waals surface area contributed by atoms with Gasteiger partial charge in [0.05, 0.1) is 6.61 Å². The van der Waals surface area contributed by atoms with Crippen molar-refractivity contribution >= 4 is 11.6 Å². The molecule has 1 aromatic rings. The molecule has 0 heterocycles. The second-order valence-electron chi connectivity index (χ2n) is 4.93. The van der Waals surface area contributed by atoms with Crippen LogP contribution in [0.1, 0.15) is 24.5 Å². The summed E-state index contributed by atoms with van der Waals surface area (Å²) in [4.78, 5) is 11.8. The van der Waals surface area contributed by atoms with Crippen LogP contribution < -0.4 is 10.6 Å². The van der Waals surface area contributed by atoms with Crippen LogP contribution in [0.4, 0.5) is 5.69 Å². The minimum atomic E-state index is 0.0332. The Labute approximate surface area is 115 Å². The maximum Gasteiger partial charge on any atom is 0.225 e. The summed E-state index contributed by atoms with van der Waals surface area (Å²) in [6.07, 6.45) is 0.460. The lowest BCUT2D eigenvalue weighted by Gasteiger charge is -2.13. The summed E-state index contributed by atoms with van der Waals surface area (Å²) in [5.41, 5.74) is 3.13. The Hall–Kier alpha value is -1.39. The monoisotopic (exact) mass is 264 g/mol. The Balaban J connectivity index is 2.37. The number of hydrogen-bond acceptors (Lipinski definition) is 3. The van der Waals surface area contributed by atoms with Crippen LogP contribution in [0.25, 0.3) is 0 Å². The van der Waals surface area contributed by atoms with Gasteiger partial charge in [0.25, 0.3) is 0 Å². The van der Waals surface area contributed by atoms with E-state index in [1.807, 2.05) is 39.0 Å². The Morgan fingerprint density at radius 3 is 2.79 bits per heavy atom. The molecule has 1 unspecified atom stereocenters. The van der Waals surface area contributed by atoms with Gasteiger partial charge in [-0.25, -0.2) is 0 Å². The number of nitrogens with one attached hydrogen (secondary N) is 2. The molecule has 1 atom stereocenters. The summed E-state index contributed by atoms with van der Waals surface area (Å²) in [5.74, 6) is 0.0332. The van der Waals surface area contributed by atoms with Crippen molar-refractivity contribution in [1.82, 2.24) is 5.32 Å². The first kappa shape index (κ1) is 15.7. The molecule has 1 amide bonds. The number of carbonyl (C=O) groups excluding carboxylic acids is 1. The summed E-state index contributed by atoms with van der Waals surface area (Å²) in [6, 6.07) is 6.32. The summed E-state index contributed by atoms with van der Waals surface area (Å²) in [5, 5.41) is 6.19. The number of anilines is 1. The van der Waals surface area contributed by atoms with E-state index in [4.69, 9.17) is 4.74 Å². The molecule has 106 valence electrons. The highest BCUT2D eigenvalue weighted by atomic mass is 16.5. The number of rotatable bonds is 7. The lowest BCUT2D eigenvalue weighted by molar-refractivity contribution is -0.116. The molecule has 4 heteroatoms. The van der Waals surface area contributed by atoms with Crippen LogP contribution in [0.5, 0.6) is 0 Å². The predicted molar refractivity (Wildman–Crippen MR) is 78.5 cm³/mol. The third-order valence-electron chi connectivity index (χ3n) is 2.93. The van der Waals surface area contributed by atoms with Crippen molar-refractivity contribution in [3.05, 3.63) is 29.3 Å². The molecule has 0 saturated heterocycles. The van der Waals surface area contributed by atoms with Crippen LogP contribution >= 0.6 is 0 Å². The zero-order valence-corrected chi connectivity index (χ0v) is 12.2. The average molecular weight is 264 g/mol. The van der Waals surface area contributed by atoms with Gasteiger partial charge >= 0.3 is 0 Å². The van der Waals surface area contributed by atoms with Crippen LogP contribution in [0, 0.1) is 13.8 Å². The Morgan fingerprint density at radius 1 is 1.37 bits per heavy atom. The number of amides is 1. The van der Waals surface area contributed by atoms with Crippen LogP contribution in [0.3, 0.4) is 0 Å². The lowest BCUT2D eigenvalue weighted by atomic mass is 10.1. The Kier molecular flexibility index (Phi) is 6.53. The molecule has 0 spiro atoms. The standard InChI is InChI=1S/C15H24N2O2/c1-11-5-6-12(2)14(9-11)17-15(18)7-8-16-13(3)10-19-4/h5-6,9,13,16H,7-8,10H2,1-4H3,(H,17,18). The molecule has 1 aromatic carbocycles. The van der Waals surface area contributed by atoms with Crippen molar-refractivity contribution in [2.24, 2.45) is 0 Å². The fourth-order valence-electron chi connectivity index (χ4n) is 1.82. The maximum absolute atomic E-state index is 11.8. The van der Waals surface area contributed by atoms with Gasteiger partial charge in [-0.05, 0) is 38.0 Å². The smallest absolute Gasteiger partial charge is 0.225 e. The van der Waals surface area contributed by atoms with Gasteiger partial charge in [-0.1, -0.05) is 12.1 Å². The lowest BCUT2D eigenvalue weighted by Crippen LogP contribution is -2.32. The molecule has 4 nitrogen and oxygen atoms in total. The fraction of sp³-hybridized carbons (Fsp3) is 0.533. The predicted octanol–water partition coefficient (Wildman–Crippen LogP) is 2.26. The molecule has 1 rings (SSSR count). The molecular weight excluding hydrogens is 240 g/mol. The van der Waals surface area contributed by atoms with Gasteiger partial charge in [0, 0.05) is 31.8 Å². The zero-order chi connectivity index (χ0) is 14.3. The van der Waals surface area contributed by atoms with E-state index >= 15 is 0 Å². The van der Waals surface area contributed by atoms with E-state index in [0.717, 1.165) is 16.8 Å². The van der Waals surface area contributed by atoms with E-state index in [1.54, 1.807) is 7.11 Å². The van der Waals surface area contributed by atoms with Crippen molar-refractivity contribution in [2.75, 3.05) is 25.6 Å². The van der Waals surface area contributed by atoms with Gasteiger partial charge in [-0.3, -0.25) is 4.79 Å². The third kappa shape index (κ3) is 5.85. The van der Waals surface area contributed by atoms with E-state index < -0.39 is 0 Å². The van der Waals surface area contributed by atoms with Crippen molar-refractivity contribution in [1.29, 1.82) is 0 Å². The Bertz CT molecular complexity index is 419. The topological polar surface area (TPSA) is 50.4 Å². The number of methoxy groups -OCH3 is 1. The fourth-order valence-corrected chi connectivity index (χ4v) is 1.82. The third-order valence-corrected chi connectivity index (χ3v) is 2.93. The van der Waals surface area contributed by atoms with E-state index in [-0.39, 0.29) is 11.9 Å². The molecule has 0 aliphatic heterocycles. The Morgan fingerprint density at radius 2 is 2.11 bits per heavy atom. The SMILES string of the molecule is COCC(C)NCCC(=O)Nc1cc(C)ccc1C. The minimum absolute atomic E-state index is 0.0332. The second-order valence-corrected chi connectivity index (χ2v) is 4.93. The summed E-state index contributed by atoms with van der Waals surface area (Å²) < 4.78 is 5.02. The van der Waals surface area contributed by atoms with Crippen LogP contribution in [-0.2, 0) is 9.53 Å². The number of aryl methyl sites for hydroxylation is 2. The molecule has 0 fully saturated rings. The molecular formula is C15H24N2O2. The largest absolute Gasteiger partial charge is 0.383 e. The second kappa shape index (κ2) is 7.92. The summed E-state index contributed by atoms with van der Waals surface area (Å²) >= 11 is 0. The van der Waals surface area contributed by atoms with Gasteiger partial charge in [0.2, 0.25) is 5.91 Å². The van der Waals surface area contributed by atoms with E-state index in [9.17, 15) is 4.79 Å². The molecule has 0 radical (unpaired) electrons. The maximum atomic E-state index is 11.8. The summed E-state index contributed by atoms with van der Waals surface area (Å²) in [6.45, 7) is 7.35. The molecule has 0 aliphatic carbocycles. The van der Waals surface area contributed by atoms with Gasteiger partial charge < -0.3 is 15.4 Å². The quantitative estimate of drug-likeness (QED) is 0.794. The van der Waals surface area contributed by atoms with Gasteiger partial charge in [-0.15, -0.1) is 0 Å². The van der Waals surface area contributed by atoms with Crippen molar-refractivity contribution in [3.8, 4) is 0 Å². The first-order valence-electron chi connectivity index (χ1n) is 6.62. The van der Waals surface area contributed by atoms with Crippen LogP contribution in [0.2, 0.25) is 0 Å². The zero-order valence-electron chi connectivity index (χ0n) is 12.2. The van der Waals surface area contributed by atoms with Gasteiger partial charge in [-0.2, -0.15) is 0 Å².